The number of allylic oxidation sites excluding steroid dienone is 2. The van der Waals surface area contributed by atoms with Crippen molar-refractivity contribution in [2.75, 3.05) is 0 Å². The van der Waals surface area contributed by atoms with Gasteiger partial charge in [0.2, 0.25) is 0 Å². The Morgan fingerprint density at radius 2 is 2.25 bits per heavy atom. The Kier molecular flexibility index (Phi) is 4.07. The average molecular weight is 108 g/mol. The van der Waals surface area contributed by atoms with Crippen LogP contribution in [0.3, 0.4) is 0 Å². The van der Waals surface area contributed by atoms with Crippen LogP contribution in [0.4, 0.5) is 0 Å². The highest BCUT2D eigenvalue weighted by Gasteiger charge is 1.77. The Balaban J connectivity index is 3.51. The first-order valence-electron chi connectivity index (χ1n) is 2.82. The lowest BCUT2D eigenvalue weighted by molar-refractivity contribution is 1.23. The van der Waals surface area contributed by atoms with Crippen LogP contribution in [0.1, 0.15) is 27.2 Å². The number of rotatable bonds is 1. The molecular formula is C8H12. The summed E-state index contributed by atoms with van der Waals surface area (Å²) in [6.45, 7) is 5.99. The van der Waals surface area contributed by atoms with Crippen molar-refractivity contribution in [1.29, 1.82) is 0 Å². The first kappa shape index (κ1) is 7.30. The molecule has 0 aromatic carbocycles. The van der Waals surface area contributed by atoms with Gasteiger partial charge in [0.1, 0.15) is 0 Å². The van der Waals surface area contributed by atoms with Crippen molar-refractivity contribution in [3.05, 3.63) is 11.6 Å². The maximum Gasteiger partial charge on any atom is 0.0296 e. The van der Waals surface area contributed by atoms with E-state index in [0.717, 1.165) is 6.42 Å². The lowest BCUT2D eigenvalue weighted by Gasteiger charge is -1.85. The molecule has 0 rings (SSSR count). The van der Waals surface area contributed by atoms with Gasteiger partial charge in [0.05, 0.1) is 0 Å². The summed E-state index contributed by atoms with van der Waals surface area (Å²) in [7, 11) is 0. The van der Waals surface area contributed by atoms with Crippen LogP contribution in [0.15, 0.2) is 11.6 Å². The predicted octanol–water partition coefficient (Wildman–Crippen LogP) is 2.37. The molecule has 0 aliphatic rings. The van der Waals surface area contributed by atoms with E-state index in [1.54, 1.807) is 0 Å². The van der Waals surface area contributed by atoms with Crippen LogP contribution >= 0.6 is 0 Å². The fraction of sp³-hybridized carbons (Fsp3) is 0.500. The van der Waals surface area contributed by atoms with Gasteiger partial charge in [-0.05, 0) is 20.8 Å². The van der Waals surface area contributed by atoms with Crippen LogP contribution in [0.25, 0.3) is 0 Å². The van der Waals surface area contributed by atoms with Gasteiger partial charge in [-0.15, -0.1) is 5.92 Å². The molecule has 0 fully saturated rings. The molecule has 0 aromatic heterocycles. The Hall–Kier alpha value is -0.700. The smallest absolute Gasteiger partial charge is 0.0296 e. The van der Waals surface area contributed by atoms with E-state index >= 15 is 0 Å². The summed E-state index contributed by atoms with van der Waals surface area (Å²) < 4.78 is 0. The Morgan fingerprint density at radius 3 is 2.62 bits per heavy atom. The van der Waals surface area contributed by atoms with Crippen LogP contribution in [-0.4, -0.2) is 0 Å². The molecule has 0 aliphatic heterocycles. The molecule has 0 saturated heterocycles. The van der Waals surface area contributed by atoms with E-state index in [1.165, 1.54) is 5.57 Å². The lowest BCUT2D eigenvalue weighted by atomic mass is 10.2. The van der Waals surface area contributed by atoms with Crippen LogP contribution in [0.5, 0.6) is 0 Å². The monoisotopic (exact) mass is 108 g/mol. The summed E-state index contributed by atoms with van der Waals surface area (Å²) in [6.07, 6.45) is 3.01. The van der Waals surface area contributed by atoms with Gasteiger partial charge in [-0.25, -0.2) is 0 Å². The highest BCUT2D eigenvalue weighted by molar-refractivity contribution is 5.09. The summed E-state index contributed by atoms with van der Waals surface area (Å²) in [5, 5.41) is 0. The SMILES string of the molecule is CC#CC/C(C)=C/C. The van der Waals surface area contributed by atoms with E-state index < -0.39 is 0 Å². The molecule has 0 heteroatoms. The average Bonchev–Trinajstić information content (AvgIpc) is 1.83. The first-order valence-corrected chi connectivity index (χ1v) is 2.82. The molecule has 0 spiro atoms. The third-order valence-electron chi connectivity index (χ3n) is 1.04. The summed E-state index contributed by atoms with van der Waals surface area (Å²) in [4.78, 5) is 0. The van der Waals surface area contributed by atoms with Gasteiger partial charge in [0.15, 0.2) is 0 Å². The highest BCUT2D eigenvalue weighted by Crippen LogP contribution is 1.95. The molecule has 0 N–H and O–H groups in total. The predicted molar refractivity (Wildman–Crippen MR) is 37.5 cm³/mol. The quantitative estimate of drug-likeness (QED) is 0.357. The van der Waals surface area contributed by atoms with Gasteiger partial charge in [0.25, 0.3) is 0 Å². The molecule has 0 unspecified atom stereocenters. The molecule has 0 radical (unpaired) electrons. The minimum atomic E-state index is 0.924. The summed E-state index contributed by atoms with van der Waals surface area (Å²) in [6, 6.07) is 0. The van der Waals surface area contributed by atoms with E-state index in [9.17, 15) is 0 Å². The largest absolute Gasteiger partial charge is 0.106 e. The normalized spacial score (nSPS) is 10.1. The summed E-state index contributed by atoms with van der Waals surface area (Å²) in [5.74, 6) is 5.82. The maximum absolute atomic E-state index is 2.98. The van der Waals surface area contributed by atoms with Gasteiger partial charge in [0, 0.05) is 6.42 Å². The van der Waals surface area contributed by atoms with E-state index in [4.69, 9.17) is 0 Å². The molecule has 8 heavy (non-hydrogen) atoms. The van der Waals surface area contributed by atoms with Gasteiger partial charge >= 0.3 is 0 Å². The van der Waals surface area contributed by atoms with Crippen molar-refractivity contribution in [2.24, 2.45) is 0 Å². The first-order chi connectivity index (χ1) is 3.81. The molecule has 44 valence electrons. The molecular weight excluding hydrogens is 96.1 g/mol. The van der Waals surface area contributed by atoms with Crippen molar-refractivity contribution in [1.82, 2.24) is 0 Å². The van der Waals surface area contributed by atoms with Gasteiger partial charge in [-0.2, -0.15) is 0 Å². The van der Waals surface area contributed by atoms with E-state index in [1.807, 2.05) is 13.8 Å². The van der Waals surface area contributed by atoms with Crippen molar-refractivity contribution >= 4 is 0 Å². The minimum Gasteiger partial charge on any atom is -0.106 e. The minimum absolute atomic E-state index is 0.924. The van der Waals surface area contributed by atoms with Crippen LogP contribution in [0, 0.1) is 11.8 Å². The molecule has 0 atom stereocenters. The van der Waals surface area contributed by atoms with Gasteiger partial charge < -0.3 is 0 Å². The fourth-order valence-electron chi connectivity index (χ4n) is 0.330. The number of hydrogen-bond acceptors (Lipinski definition) is 0. The molecule has 0 aliphatic carbocycles. The zero-order valence-corrected chi connectivity index (χ0v) is 5.78. The summed E-state index contributed by atoms with van der Waals surface area (Å²) in [5.41, 5.74) is 1.35. The van der Waals surface area contributed by atoms with E-state index in [-0.39, 0.29) is 0 Å². The van der Waals surface area contributed by atoms with Crippen molar-refractivity contribution in [2.45, 2.75) is 27.2 Å². The van der Waals surface area contributed by atoms with Crippen molar-refractivity contribution in [3.8, 4) is 11.8 Å². The molecule has 0 saturated carbocycles. The second kappa shape index (κ2) is 4.46. The van der Waals surface area contributed by atoms with Crippen molar-refractivity contribution in [3.63, 3.8) is 0 Å². The Labute approximate surface area is 51.6 Å². The van der Waals surface area contributed by atoms with Crippen LogP contribution < -0.4 is 0 Å². The fourth-order valence-corrected chi connectivity index (χ4v) is 0.330. The van der Waals surface area contributed by atoms with E-state index in [2.05, 4.69) is 24.8 Å². The topological polar surface area (TPSA) is 0 Å². The molecule has 0 bridgehead atoms. The van der Waals surface area contributed by atoms with Gasteiger partial charge in [-0.1, -0.05) is 17.6 Å². The van der Waals surface area contributed by atoms with Crippen LogP contribution in [-0.2, 0) is 0 Å². The Morgan fingerprint density at radius 1 is 1.62 bits per heavy atom. The third kappa shape index (κ3) is 3.49. The standard InChI is InChI=1S/C8H12/c1-4-6-7-8(3)5-2/h5H,7H2,1-3H3/b8-5+. The Bertz CT molecular complexity index is 130. The number of hydrogen-bond donors (Lipinski definition) is 0. The highest BCUT2D eigenvalue weighted by atomic mass is 13.8. The third-order valence-corrected chi connectivity index (χ3v) is 1.04. The maximum atomic E-state index is 2.98. The molecule has 0 amide bonds. The zero-order valence-electron chi connectivity index (χ0n) is 5.78. The molecule has 0 heterocycles. The van der Waals surface area contributed by atoms with Crippen LogP contribution in [0.2, 0.25) is 0 Å². The van der Waals surface area contributed by atoms with Crippen molar-refractivity contribution < 1.29 is 0 Å². The zero-order chi connectivity index (χ0) is 6.41. The van der Waals surface area contributed by atoms with E-state index in [0.29, 0.717) is 0 Å². The molecule has 0 nitrogen and oxygen atoms in total. The second-order valence-corrected chi connectivity index (χ2v) is 1.74. The lowest BCUT2D eigenvalue weighted by Crippen LogP contribution is -1.68. The van der Waals surface area contributed by atoms with Gasteiger partial charge in [-0.3, -0.25) is 0 Å². The molecule has 0 aromatic rings. The summed E-state index contributed by atoms with van der Waals surface area (Å²) >= 11 is 0. The second-order valence-electron chi connectivity index (χ2n) is 1.74.